The standard InChI is InChI=1S/C9H15N3O/c1-12-6-8(5-10-12)11-7-3-9(4-7)13-2/h5-7,9,11H,3-4H2,1-2H3. The van der Waals surface area contributed by atoms with Gasteiger partial charge in [-0.2, -0.15) is 5.10 Å². The van der Waals surface area contributed by atoms with Gasteiger partial charge in [0.05, 0.1) is 18.0 Å². The van der Waals surface area contributed by atoms with E-state index >= 15 is 0 Å². The Hall–Kier alpha value is -1.03. The summed E-state index contributed by atoms with van der Waals surface area (Å²) in [6.07, 6.45) is 6.49. The number of nitrogens with one attached hydrogen (secondary N) is 1. The van der Waals surface area contributed by atoms with E-state index in [0.717, 1.165) is 18.5 Å². The van der Waals surface area contributed by atoms with Gasteiger partial charge in [0.15, 0.2) is 0 Å². The number of hydrogen-bond acceptors (Lipinski definition) is 3. The van der Waals surface area contributed by atoms with Gasteiger partial charge in [-0.1, -0.05) is 0 Å². The Labute approximate surface area is 77.9 Å². The first-order valence-electron chi connectivity index (χ1n) is 4.56. The van der Waals surface area contributed by atoms with Gasteiger partial charge in [0, 0.05) is 26.4 Å². The van der Waals surface area contributed by atoms with E-state index < -0.39 is 0 Å². The normalized spacial score (nSPS) is 26.9. The zero-order valence-corrected chi connectivity index (χ0v) is 8.03. The largest absolute Gasteiger partial charge is 0.381 e. The van der Waals surface area contributed by atoms with Crippen LogP contribution in [-0.4, -0.2) is 29.0 Å². The topological polar surface area (TPSA) is 39.1 Å². The fourth-order valence-electron chi connectivity index (χ4n) is 1.61. The summed E-state index contributed by atoms with van der Waals surface area (Å²) in [7, 11) is 3.69. The van der Waals surface area contributed by atoms with E-state index in [1.807, 2.05) is 19.4 Å². The SMILES string of the molecule is COC1CC(Nc2cnn(C)c2)C1. The van der Waals surface area contributed by atoms with Gasteiger partial charge in [0.2, 0.25) is 0 Å². The summed E-state index contributed by atoms with van der Waals surface area (Å²) in [6.45, 7) is 0. The van der Waals surface area contributed by atoms with Crippen LogP contribution >= 0.6 is 0 Å². The lowest BCUT2D eigenvalue weighted by Crippen LogP contribution is -2.40. The van der Waals surface area contributed by atoms with Crippen molar-refractivity contribution in [2.75, 3.05) is 12.4 Å². The van der Waals surface area contributed by atoms with E-state index in [0.29, 0.717) is 12.1 Å². The molecule has 1 fully saturated rings. The van der Waals surface area contributed by atoms with Crippen molar-refractivity contribution in [3.8, 4) is 0 Å². The molecule has 13 heavy (non-hydrogen) atoms. The third-order valence-corrected chi connectivity index (χ3v) is 2.50. The molecule has 4 nitrogen and oxygen atoms in total. The van der Waals surface area contributed by atoms with Crippen LogP contribution in [0.3, 0.4) is 0 Å². The van der Waals surface area contributed by atoms with Crippen LogP contribution < -0.4 is 5.32 Å². The number of methoxy groups -OCH3 is 1. The van der Waals surface area contributed by atoms with Crippen molar-refractivity contribution in [3.05, 3.63) is 12.4 Å². The third-order valence-electron chi connectivity index (χ3n) is 2.50. The second kappa shape index (κ2) is 3.38. The Morgan fingerprint density at radius 1 is 1.62 bits per heavy atom. The lowest BCUT2D eigenvalue weighted by Gasteiger charge is -2.34. The maximum atomic E-state index is 5.20. The zero-order valence-electron chi connectivity index (χ0n) is 8.03. The molecule has 1 aliphatic rings. The molecule has 0 spiro atoms. The predicted octanol–water partition coefficient (Wildman–Crippen LogP) is 1.01. The van der Waals surface area contributed by atoms with Crippen molar-refractivity contribution < 1.29 is 4.74 Å². The maximum Gasteiger partial charge on any atom is 0.0728 e. The van der Waals surface area contributed by atoms with Crippen molar-refractivity contribution in [1.82, 2.24) is 9.78 Å². The molecule has 1 heterocycles. The first-order chi connectivity index (χ1) is 6.28. The minimum atomic E-state index is 0.453. The first-order valence-corrected chi connectivity index (χ1v) is 4.56. The van der Waals surface area contributed by atoms with E-state index in [-0.39, 0.29) is 0 Å². The summed E-state index contributed by atoms with van der Waals surface area (Å²) in [5.41, 5.74) is 1.10. The van der Waals surface area contributed by atoms with Crippen LogP contribution in [0.1, 0.15) is 12.8 Å². The Kier molecular flexibility index (Phi) is 2.22. The molecule has 1 aliphatic carbocycles. The summed E-state index contributed by atoms with van der Waals surface area (Å²) in [5, 5.41) is 7.49. The first kappa shape index (κ1) is 8.56. The number of aromatic nitrogens is 2. The van der Waals surface area contributed by atoms with Crippen LogP contribution in [0.2, 0.25) is 0 Å². The predicted molar refractivity (Wildman–Crippen MR) is 50.6 cm³/mol. The number of rotatable bonds is 3. The van der Waals surface area contributed by atoms with Gasteiger partial charge in [-0.25, -0.2) is 0 Å². The molecule has 72 valence electrons. The minimum Gasteiger partial charge on any atom is -0.381 e. The van der Waals surface area contributed by atoms with E-state index in [4.69, 9.17) is 4.74 Å². The van der Waals surface area contributed by atoms with Gasteiger partial charge in [-0.15, -0.1) is 0 Å². The summed E-state index contributed by atoms with van der Waals surface area (Å²) in [4.78, 5) is 0. The summed E-state index contributed by atoms with van der Waals surface area (Å²) >= 11 is 0. The zero-order chi connectivity index (χ0) is 9.26. The smallest absolute Gasteiger partial charge is 0.0728 e. The Morgan fingerprint density at radius 2 is 2.38 bits per heavy atom. The molecular weight excluding hydrogens is 166 g/mol. The molecule has 1 aromatic heterocycles. The van der Waals surface area contributed by atoms with Gasteiger partial charge < -0.3 is 10.1 Å². The summed E-state index contributed by atoms with van der Waals surface area (Å²) in [5.74, 6) is 0. The Bertz CT molecular complexity index is 278. The lowest BCUT2D eigenvalue weighted by molar-refractivity contribution is 0.0329. The second-order valence-corrected chi connectivity index (χ2v) is 3.57. The van der Waals surface area contributed by atoms with Crippen LogP contribution in [0.4, 0.5) is 5.69 Å². The lowest BCUT2D eigenvalue weighted by atomic mass is 9.89. The third kappa shape index (κ3) is 1.83. The fraction of sp³-hybridized carbons (Fsp3) is 0.667. The molecule has 0 atom stereocenters. The molecular formula is C9H15N3O. The van der Waals surface area contributed by atoms with E-state index in [9.17, 15) is 0 Å². The van der Waals surface area contributed by atoms with Crippen LogP contribution in [0, 0.1) is 0 Å². The molecule has 0 unspecified atom stereocenters. The number of nitrogens with zero attached hydrogens (tertiary/aromatic N) is 2. The Balaban J connectivity index is 1.81. The van der Waals surface area contributed by atoms with E-state index in [2.05, 4.69) is 10.4 Å². The van der Waals surface area contributed by atoms with Crippen LogP contribution in [0.5, 0.6) is 0 Å². The van der Waals surface area contributed by atoms with Gasteiger partial charge in [0.25, 0.3) is 0 Å². The minimum absolute atomic E-state index is 0.453. The molecule has 0 amide bonds. The van der Waals surface area contributed by atoms with Crippen LogP contribution in [0.15, 0.2) is 12.4 Å². The number of aryl methyl sites for hydroxylation is 1. The van der Waals surface area contributed by atoms with Gasteiger partial charge >= 0.3 is 0 Å². The van der Waals surface area contributed by atoms with Gasteiger partial charge in [0.1, 0.15) is 0 Å². The van der Waals surface area contributed by atoms with Crippen molar-refractivity contribution in [1.29, 1.82) is 0 Å². The van der Waals surface area contributed by atoms with Gasteiger partial charge in [-0.3, -0.25) is 4.68 Å². The maximum absolute atomic E-state index is 5.20. The average Bonchev–Trinajstić information content (AvgIpc) is 2.43. The van der Waals surface area contributed by atoms with Crippen molar-refractivity contribution in [2.45, 2.75) is 25.0 Å². The molecule has 1 saturated carbocycles. The highest BCUT2D eigenvalue weighted by Gasteiger charge is 2.28. The molecule has 2 rings (SSSR count). The quantitative estimate of drug-likeness (QED) is 0.756. The molecule has 0 radical (unpaired) electrons. The van der Waals surface area contributed by atoms with Crippen molar-refractivity contribution >= 4 is 5.69 Å². The van der Waals surface area contributed by atoms with E-state index in [1.165, 1.54) is 0 Å². The second-order valence-electron chi connectivity index (χ2n) is 3.57. The molecule has 0 aliphatic heterocycles. The highest BCUT2D eigenvalue weighted by atomic mass is 16.5. The van der Waals surface area contributed by atoms with Crippen molar-refractivity contribution in [3.63, 3.8) is 0 Å². The van der Waals surface area contributed by atoms with Crippen LogP contribution in [-0.2, 0) is 11.8 Å². The molecule has 4 heteroatoms. The molecule has 0 bridgehead atoms. The Morgan fingerprint density at radius 3 is 2.92 bits per heavy atom. The van der Waals surface area contributed by atoms with Gasteiger partial charge in [-0.05, 0) is 12.8 Å². The average molecular weight is 181 g/mol. The summed E-state index contributed by atoms with van der Waals surface area (Å²) in [6, 6.07) is 0.564. The highest BCUT2D eigenvalue weighted by Crippen LogP contribution is 2.25. The molecule has 0 aromatic carbocycles. The fourth-order valence-corrected chi connectivity index (χ4v) is 1.61. The molecule has 1 aromatic rings. The number of hydrogen-bond donors (Lipinski definition) is 1. The number of ether oxygens (including phenoxy) is 1. The highest BCUT2D eigenvalue weighted by molar-refractivity contribution is 5.39. The van der Waals surface area contributed by atoms with E-state index in [1.54, 1.807) is 11.8 Å². The monoisotopic (exact) mass is 181 g/mol. The van der Waals surface area contributed by atoms with Crippen molar-refractivity contribution in [2.24, 2.45) is 7.05 Å². The number of anilines is 1. The van der Waals surface area contributed by atoms with Crippen LogP contribution in [0.25, 0.3) is 0 Å². The molecule has 1 N–H and O–H groups in total. The summed E-state index contributed by atoms with van der Waals surface area (Å²) < 4.78 is 7.00. The molecule has 0 saturated heterocycles.